The molecule has 0 spiro atoms. The zero-order valence-corrected chi connectivity index (χ0v) is 16.4. The highest BCUT2D eigenvalue weighted by Crippen LogP contribution is 2.13. The van der Waals surface area contributed by atoms with Crippen LogP contribution < -0.4 is 5.32 Å². The third-order valence-electron chi connectivity index (χ3n) is 3.49. The lowest BCUT2D eigenvalue weighted by molar-refractivity contribution is 0.181. The van der Waals surface area contributed by atoms with Crippen molar-refractivity contribution in [2.24, 2.45) is 10.9 Å². The molecule has 0 aliphatic carbocycles. The number of ether oxygens (including phenoxy) is 1. The zero-order valence-electron chi connectivity index (χ0n) is 12.5. The molecule has 118 valence electrons. The molecular formula is C15H23BrIN3O. The Morgan fingerprint density at radius 1 is 1.43 bits per heavy atom. The van der Waals surface area contributed by atoms with Gasteiger partial charge in [0.1, 0.15) is 0 Å². The van der Waals surface area contributed by atoms with E-state index in [1.165, 1.54) is 5.56 Å². The van der Waals surface area contributed by atoms with Crippen LogP contribution in [0.5, 0.6) is 0 Å². The van der Waals surface area contributed by atoms with Gasteiger partial charge < -0.3 is 15.0 Å². The van der Waals surface area contributed by atoms with Crippen LogP contribution >= 0.6 is 39.9 Å². The van der Waals surface area contributed by atoms with Crippen molar-refractivity contribution in [1.29, 1.82) is 0 Å². The number of rotatable bonds is 4. The third-order valence-corrected chi connectivity index (χ3v) is 4.02. The molecule has 1 unspecified atom stereocenters. The van der Waals surface area contributed by atoms with E-state index < -0.39 is 0 Å². The van der Waals surface area contributed by atoms with Gasteiger partial charge in [-0.15, -0.1) is 24.0 Å². The minimum atomic E-state index is 0. The first kappa shape index (κ1) is 18.7. The largest absolute Gasteiger partial charge is 0.381 e. The smallest absolute Gasteiger partial charge is 0.193 e. The minimum Gasteiger partial charge on any atom is -0.381 e. The molecule has 1 aromatic carbocycles. The summed E-state index contributed by atoms with van der Waals surface area (Å²) in [5.74, 6) is 1.55. The number of aliphatic imine (C=N–C) groups is 1. The summed E-state index contributed by atoms with van der Waals surface area (Å²) in [6.45, 7) is 3.53. The monoisotopic (exact) mass is 467 g/mol. The molecule has 0 bridgehead atoms. The lowest BCUT2D eigenvalue weighted by atomic mass is 10.1. The van der Waals surface area contributed by atoms with Gasteiger partial charge in [-0.05, 0) is 24.1 Å². The van der Waals surface area contributed by atoms with Crippen molar-refractivity contribution in [1.82, 2.24) is 10.2 Å². The first-order valence-corrected chi connectivity index (χ1v) is 7.72. The highest BCUT2D eigenvalue weighted by atomic mass is 127. The SMILES string of the molecule is CN=C(NCc1ccc(Br)cc1)N(C)CC1CCOC1.I. The second kappa shape index (κ2) is 9.63. The number of halogens is 2. The summed E-state index contributed by atoms with van der Waals surface area (Å²) in [5.41, 5.74) is 1.24. The second-order valence-electron chi connectivity index (χ2n) is 5.14. The van der Waals surface area contributed by atoms with Gasteiger partial charge in [0.05, 0.1) is 6.61 Å². The fourth-order valence-electron chi connectivity index (χ4n) is 2.37. The van der Waals surface area contributed by atoms with Crippen LogP contribution in [-0.2, 0) is 11.3 Å². The van der Waals surface area contributed by atoms with Crippen molar-refractivity contribution in [2.45, 2.75) is 13.0 Å². The van der Waals surface area contributed by atoms with Crippen LogP contribution in [0.15, 0.2) is 33.7 Å². The van der Waals surface area contributed by atoms with Crippen LogP contribution in [-0.4, -0.2) is 44.7 Å². The van der Waals surface area contributed by atoms with Gasteiger partial charge >= 0.3 is 0 Å². The minimum absolute atomic E-state index is 0. The number of guanidine groups is 1. The highest BCUT2D eigenvalue weighted by molar-refractivity contribution is 14.0. The summed E-state index contributed by atoms with van der Waals surface area (Å²) in [4.78, 5) is 6.52. The summed E-state index contributed by atoms with van der Waals surface area (Å²) in [6.07, 6.45) is 1.15. The van der Waals surface area contributed by atoms with Gasteiger partial charge in [0.25, 0.3) is 0 Å². The quantitative estimate of drug-likeness (QED) is 0.420. The summed E-state index contributed by atoms with van der Waals surface area (Å²) in [7, 11) is 3.90. The summed E-state index contributed by atoms with van der Waals surface area (Å²) in [6, 6.07) is 8.32. The number of benzene rings is 1. The second-order valence-corrected chi connectivity index (χ2v) is 6.05. The molecule has 1 heterocycles. The van der Waals surface area contributed by atoms with Gasteiger partial charge in [-0.25, -0.2) is 0 Å². The van der Waals surface area contributed by atoms with Gasteiger partial charge in [0.2, 0.25) is 0 Å². The van der Waals surface area contributed by atoms with Crippen molar-refractivity contribution in [3.63, 3.8) is 0 Å². The summed E-state index contributed by atoms with van der Waals surface area (Å²) < 4.78 is 6.52. The Hall–Kier alpha value is -0.340. The van der Waals surface area contributed by atoms with Crippen LogP contribution in [0, 0.1) is 5.92 Å². The standard InChI is InChI=1S/C15H22BrN3O.HI/c1-17-15(19(2)10-13-7-8-20-11-13)18-9-12-3-5-14(16)6-4-12;/h3-6,13H,7-11H2,1-2H3,(H,17,18);1H. The molecule has 1 atom stereocenters. The Morgan fingerprint density at radius 2 is 2.14 bits per heavy atom. The zero-order chi connectivity index (χ0) is 14.4. The predicted octanol–water partition coefficient (Wildman–Crippen LogP) is 3.11. The topological polar surface area (TPSA) is 36.9 Å². The average Bonchev–Trinajstić information content (AvgIpc) is 2.94. The summed E-state index contributed by atoms with van der Waals surface area (Å²) >= 11 is 3.45. The molecule has 2 rings (SSSR count). The van der Waals surface area contributed by atoms with Crippen molar-refractivity contribution >= 4 is 45.9 Å². The van der Waals surface area contributed by atoms with Crippen LogP contribution in [0.4, 0.5) is 0 Å². The number of nitrogens with one attached hydrogen (secondary N) is 1. The van der Waals surface area contributed by atoms with E-state index in [1.54, 1.807) is 0 Å². The number of hydrogen-bond acceptors (Lipinski definition) is 2. The molecular weight excluding hydrogens is 445 g/mol. The molecule has 6 heteroatoms. The maximum atomic E-state index is 5.42. The van der Waals surface area contributed by atoms with Crippen LogP contribution in [0.1, 0.15) is 12.0 Å². The number of nitrogens with zero attached hydrogens (tertiary/aromatic N) is 2. The van der Waals surface area contributed by atoms with Gasteiger partial charge in [0.15, 0.2) is 5.96 Å². The molecule has 0 amide bonds. The van der Waals surface area contributed by atoms with Crippen molar-refractivity contribution in [2.75, 3.05) is 33.9 Å². The van der Waals surface area contributed by atoms with Gasteiger partial charge in [-0.1, -0.05) is 28.1 Å². The maximum Gasteiger partial charge on any atom is 0.193 e. The van der Waals surface area contributed by atoms with Crippen molar-refractivity contribution < 1.29 is 4.74 Å². The highest BCUT2D eigenvalue weighted by Gasteiger charge is 2.18. The fourth-order valence-corrected chi connectivity index (χ4v) is 2.63. The molecule has 0 aromatic heterocycles. The van der Waals surface area contributed by atoms with Crippen molar-refractivity contribution in [3.8, 4) is 0 Å². The molecule has 4 nitrogen and oxygen atoms in total. The normalized spacial score (nSPS) is 18.2. The summed E-state index contributed by atoms with van der Waals surface area (Å²) in [5, 5.41) is 3.40. The van der Waals surface area contributed by atoms with E-state index in [0.29, 0.717) is 5.92 Å². The third kappa shape index (κ3) is 6.12. The Labute approximate surface area is 152 Å². The maximum absolute atomic E-state index is 5.42. The van der Waals surface area contributed by atoms with Gasteiger partial charge in [-0.2, -0.15) is 0 Å². The molecule has 1 aliphatic heterocycles. The van der Waals surface area contributed by atoms with Gasteiger partial charge in [0, 0.05) is 44.2 Å². The molecule has 1 saturated heterocycles. The molecule has 0 saturated carbocycles. The van der Waals surface area contributed by atoms with E-state index in [1.807, 2.05) is 7.05 Å². The Bertz CT molecular complexity index is 447. The molecule has 0 radical (unpaired) electrons. The van der Waals surface area contributed by atoms with E-state index in [0.717, 1.165) is 43.2 Å². The Morgan fingerprint density at radius 3 is 2.71 bits per heavy atom. The fraction of sp³-hybridized carbons (Fsp3) is 0.533. The van der Waals surface area contributed by atoms with Gasteiger partial charge in [-0.3, -0.25) is 4.99 Å². The van der Waals surface area contributed by atoms with Crippen molar-refractivity contribution in [3.05, 3.63) is 34.3 Å². The predicted molar refractivity (Wildman–Crippen MR) is 101 cm³/mol. The Balaban J connectivity index is 0.00000220. The lowest BCUT2D eigenvalue weighted by Crippen LogP contribution is -2.41. The van der Waals surface area contributed by atoms with E-state index in [2.05, 4.69) is 62.5 Å². The first-order chi connectivity index (χ1) is 9.69. The van der Waals surface area contributed by atoms with Crippen LogP contribution in [0.2, 0.25) is 0 Å². The average molecular weight is 468 g/mol. The molecule has 1 N–H and O–H groups in total. The van der Waals surface area contributed by atoms with E-state index in [-0.39, 0.29) is 24.0 Å². The van der Waals surface area contributed by atoms with E-state index >= 15 is 0 Å². The van der Waals surface area contributed by atoms with E-state index in [4.69, 9.17) is 4.74 Å². The molecule has 1 aliphatic rings. The molecule has 21 heavy (non-hydrogen) atoms. The van der Waals surface area contributed by atoms with E-state index in [9.17, 15) is 0 Å². The lowest BCUT2D eigenvalue weighted by Gasteiger charge is -2.24. The number of hydrogen-bond donors (Lipinski definition) is 1. The van der Waals surface area contributed by atoms with Crippen LogP contribution in [0.3, 0.4) is 0 Å². The molecule has 1 aromatic rings. The Kier molecular flexibility index (Phi) is 8.58. The molecule has 1 fully saturated rings. The van der Waals surface area contributed by atoms with Crippen LogP contribution in [0.25, 0.3) is 0 Å². The first-order valence-electron chi connectivity index (χ1n) is 6.93.